The first-order valence-electron chi connectivity index (χ1n) is 9.09. The molecule has 4 unspecified atom stereocenters. The average molecular weight is 407 g/mol. The largest absolute Gasteiger partial charge is 0.416 e. The van der Waals surface area contributed by atoms with E-state index in [4.69, 9.17) is 0 Å². The van der Waals surface area contributed by atoms with Crippen molar-refractivity contribution in [3.05, 3.63) is 35.4 Å². The van der Waals surface area contributed by atoms with Crippen LogP contribution >= 0.6 is 12.4 Å². The molecule has 0 aliphatic carbocycles. The highest BCUT2D eigenvalue weighted by atomic mass is 35.5. The number of halogens is 4. The Labute approximate surface area is 163 Å². The molecule has 0 bridgehead atoms. The van der Waals surface area contributed by atoms with Crippen molar-refractivity contribution in [2.24, 2.45) is 5.92 Å². The van der Waals surface area contributed by atoms with E-state index in [1.54, 1.807) is 6.07 Å². The Morgan fingerprint density at radius 3 is 2.81 bits per heavy atom. The molecule has 2 fully saturated rings. The van der Waals surface area contributed by atoms with Gasteiger partial charge in [-0.3, -0.25) is 10.2 Å². The Balaban J connectivity index is 0.00000261. The first-order valence-corrected chi connectivity index (χ1v) is 9.09. The van der Waals surface area contributed by atoms with Gasteiger partial charge in [0.25, 0.3) is 0 Å². The number of fused-ring (bicyclic) bond motifs is 1. The SMILES string of the molecule is CCCC(NC(=O)C1NNC2CCNCC21)c1cccc(C(F)(F)F)c1.Cl. The second-order valence-corrected chi connectivity index (χ2v) is 7.00. The van der Waals surface area contributed by atoms with Gasteiger partial charge in [0.15, 0.2) is 0 Å². The lowest BCUT2D eigenvalue weighted by atomic mass is 9.88. The molecule has 1 aromatic rings. The van der Waals surface area contributed by atoms with Gasteiger partial charge in [0.2, 0.25) is 5.91 Å². The molecule has 152 valence electrons. The number of amides is 1. The van der Waals surface area contributed by atoms with Crippen LogP contribution in [0.2, 0.25) is 0 Å². The normalized spacial score (nSPS) is 26.0. The molecule has 27 heavy (non-hydrogen) atoms. The van der Waals surface area contributed by atoms with E-state index in [0.717, 1.165) is 38.1 Å². The van der Waals surface area contributed by atoms with Crippen LogP contribution in [0.25, 0.3) is 0 Å². The Morgan fingerprint density at radius 2 is 2.11 bits per heavy atom. The van der Waals surface area contributed by atoms with Crippen molar-refractivity contribution < 1.29 is 18.0 Å². The van der Waals surface area contributed by atoms with Gasteiger partial charge in [-0.15, -0.1) is 12.4 Å². The van der Waals surface area contributed by atoms with Gasteiger partial charge in [0, 0.05) is 18.5 Å². The van der Waals surface area contributed by atoms with Crippen molar-refractivity contribution in [1.82, 2.24) is 21.5 Å². The van der Waals surface area contributed by atoms with Crippen molar-refractivity contribution in [3.8, 4) is 0 Å². The molecule has 0 saturated carbocycles. The maximum Gasteiger partial charge on any atom is 0.416 e. The quantitative estimate of drug-likeness (QED) is 0.607. The topological polar surface area (TPSA) is 65.2 Å². The van der Waals surface area contributed by atoms with Crippen LogP contribution in [0.4, 0.5) is 13.2 Å². The summed E-state index contributed by atoms with van der Waals surface area (Å²) in [6.45, 7) is 3.60. The molecule has 4 atom stereocenters. The summed E-state index contributed by atoms with van der Waals surface area (Å²) in [5.41, 5.74) is 6.01. The lowest BCUT2D eigenvalue weighted by Crippen LogP contribution is -2.50. The Hall–Kier alpha value is -1.35. The maximum absolute atomic E-state index is 13.0. The van der Waals surface area contributed by atoms with E-state index in [2.05, 4.69) is 21.5 Å². The van der Waals surface area contributed by atoms with E-state index in [0.29, 0.717) is 12.0 Å². The lowest BCUT2D eigenvalue weighted by molar-refractivity contribution is -0.137. The summed E-state index contributed by atoms with van der Waals surface area (Å²) in [7, 11) is 0. The van der Waals surface area contributed by atoms with Gasteiger partial charge in [-0.25, -0.2) is 5.43 Å². The average Bonchev–Trinajstić information content (AvgIpc) is 3.05. The highest BCUT2D eigenvalue weighted by Gasteiger charge is 2.41. The summed E-state index contributed by atoms with van der Waals surface area (Å²) >= 11 is 0. The molecule has 2 heterocycles. The molecule has 2 aliphatic rings. The fourth-order valence-electron chi connectivity index (χ4n) is 3.78. The molecular weight excluding hydrogens is 381 g/mol. The Bertz CT molecular complexity index is 643. The fraction of sp³-hybridized carbons (Fsp3) is 0.611. The number of piperidine rings is 1. The molecule has 1 amide bonds. The number of rotatable bonds is 5. The van der Waals surface area contributed by atoms with E-state index in [1.165, 1.54) is 6.07 Å². The first kappa shape index (κ1) is 21.9. The molecular formula is C18H26ClF3N4O. The summed E-state index contributed by atoms with van der Waals surface area (Å²) in [5, 5.41) is 6.24. The zero-order chi connectivity index (χ0) is 18.7. The number of alkyl halides is 3. The smallest absolute Gasteiger partial charge is 0.348 e. The molecule has 0 aromatic heterocycles. The van der Waals surface area contributed by atoms with Crippen LogP contribution in [0.1, 0.15) is 43.4 Å². The second-order valence-electron chi connectivity index (χ2n) is 7.00. The molecule has 0 radical (unpaired) electrons. The summed E-state index contributed by atoms with van der Waals surface area (Å²) in [6.07, 6.45) is -2.12. The minimum absolute atomic E-state index is 0. The maximum atomic E-state index is 13.0. The molecule has 1 aromatic carbocycles. The summed E-state index contributed by atoms with van der Waals surface area (Å²) in [6, 6.07) is 4.63. The molecule has 2 saturated heterocycles. The van der Waals surface area contributed by atoms with E-state index < -0.39 is 23.8 Å². The number of carbonyl (C=O) groups excluding carboxylic acids is 1. The Kier molecular flexibility index (Phi) is 7.50. The number of nitrogens with one attached hydrogen (secondary N) is 4. The number of hydrogen-bond acceptors (Lipinski definition) is 4. The van der Waals surface area contributed by atoms with Crippen LogP contribution in [0.5, 0.6) is 0 Å². The first-order chi connectivity index (χ1) is 12.4. The third-order valence-corrected chi connectivity index (χ3v) is 5.17. The third kappa shape index (κ3) is 5.13. The summed E-state index contributed by atoms with van der Waals surface area (Å²) in [5.74, 6) is -0.0444. The number of benzene rings is 1. The van der Waals surface area contributed by atoms with Crippen LogP contribution < -0.4 is 21.5 Å². The number of hydrogen-bond donors (Lipinski definition) is 4. The predicted octanol–water partition coefficient (Wildman–Crippen LogP) is 2.54. The van der Waals surface area contributed by atoms with Gasteiger partial charge >= 0.3 is 6.18 Å². The van der Waals surface area contributed by atoms with Crippen LogP contribution in [-0.2, 0) is 11.0 Å². The molecule has 0 spiro atoms. The van der Waals surface area contributed by atoms with Crippen molar-refractivity contribution in [3.63, 3.8) is 0 Å². The number of carbonyl (C=O) groups is 1. The molecule has 5 nitrogen and oxygen atoms in total. The monoisotopic (exact) mass is 406 g/mol. The molecule has 2 aliphatic heterocycles. The minimum atomic E-state index is -4.39. The fourth-order valence-corrected chi connectivity index (χ4v) is 3.78. The second kappa shape index (κ2) is 9.23. The highest BCUT2D eigenvalue weighted by Crippen LogP contribution is 2.31. The minimum Gasteiger partial charge on any atom is -0.348 e. The van der Waals surface area contributed by atoms with E-state index >= 15 is 0 Å². The van der Waals surface area contributed by atoms with Gasteiger partial charge in [-0.2, -0.15) is 13.2 Å². The van der Waals surface area contributed by atoms with E-state index in [-0.39, 0.29) is 30.3 Å². The lowest BCUT2D eigenvalue weighted by Gasteiger charge is -2.28. The molecule has 3 rings (SSSR count). The van der Waals surface area contributed by atoms with Gasteiger partial charge < -0.3 is 10.6 Å². The summed E-state index contributed by atoms with van der Waals surface area (Å²) in [4.78, 5) is 12.8. The van der Waals surface area contributed by atoms with E-state index in [9.17, 15) is 18.0 Å². The highest BCUT2D eigenvalue weighted by molar-refractivity contribution is 5.85. The van der Waals surface area contributed by atoms with Gasteiger partial charge in [0.1, 0.15) is 6.04 Å². The van der Waals surface area contributed by atoms with E-state index in [1.807, 2.05) is 6.92 Å². The Morgan fingerprint density at radius 1 is 1.33 bits per heavy atom. The zero-order valence-corrected chi connectivity index (χ0v) is 15.9. The van der Waals surface area contributed by atoms with Gasteiger partial charge in [-0.1, -0.05) is 25.5 Å². The van der Waals surface area contributed by atoms with Crippen LogP contribution in [0.15, 0.2) is 24.3 Å². The molecule has 4 N–H and O–H groups in total. The van der Waals surface area contributed by atoms with Crippen molar-refractivity contribution >= 4 is 18.3 Å². The van der Waals surface area contributed by atoms with Crippen molar-refractivity contribution in [2.45, 2.75) is 50.5 Å². The van der Waals surface area contributed by atoms with Crippen molar-refractivity contribution in [2.75, 3.05) is 13.1 Å². The zero-order valence-electron chi connectivity index (χ0n) is 15.1. The van der Waals surface area contributed by atoms with Gasteiger partial charge in [-0.05, 0) is 37.1 Å². The predicted molar refractivity (Wildman–Crippen MR) is 99.3 cm³/mol. The van der Waals surface area contributed by atoms with Gasteiger partial charge in [0.05, 0.1) is 11.6 Å². The third-order valence-electron chi connectivity index (χ3n) is 5.17. The van der Waals surface area contributed by atoms with Crippen LogP contribution in [-0.4, -0.2) is 31.1 Å². The number of hydrazine groups is 1. The van der Waals surface area contributed by atoms with Crippen molar-refractivity contribution in [1.29, 1.82) is 0 Å². The standard InChI is InChI=1S/C18H25F3N4O.ClH/c1-2-4-14(11-5-3-6-12(9-11)18(19,20)21)23-17(26)16-13-10-22-8-7-15(13)24-25-16;/h3,5-6,9,13-16,22,24-25H,2,4,7-8,10H2,1H3,(H,23,26);1H. The molecule has 9 heteroatoms. The van der Waals surface area contributed by atoms with Crippen LogP contribution in [0, 0.1) is 5.92 Å². The van der Waals surface area contributed by atoms with Crippen LogP contribution in [0.3, 0.4) is 0 Å². The summed E-state index contributed by atoms with van der Waals surface area (Å²) < 4.78 is 39.0.